The van der Waals surface area contributed by atoms with E-state index < -0.39 is 21.0 Å². The SMILES string of the molecule is CC(C(=O)NCC1CCCCC1)S(=O)(=O)c1ncn[nH]1. The van der Waals surface area contributed by atoms with Gasteiger partial charge >= 0.3 is 0 Å². The fourth-order valence-electron chi connectivity index (χ4n) is 2.42. The van der Waals surface area contributed by atoms with Crippen molar-refractivity contribution < 1.29 is 13.2 Å². The smallest absolute Gasteiger partial charge is 0.243 e. The van der Waals surface area contributed by atoms with Crippen molar-refractivity contribution in [1.29, 1.82) is 0 Å². The van der Waals surface area contributed by atoms with E-state index in [1.807, 2.05) is 0 Å². The lowest BCUT2D eigenvalue weighted by molar-refractivity contribution is -0.120. The summed E-state index contributed by atoms with van der Waals surface area (Å²) in [5.74, 6) is -0.0140. The Kier molecular flexibility index (Phi) is 4.74. The number of H-pyrrole nitrogens is 1. The van der Waals surface area contributed by atoms with Crippen molar-refractivity contribution in [2.24, 2.45) is 5.92 Å². The number of carbonyl (C=O) groups is 1. The Morgan fingerprint density at radius 3 is 2.75 bits per heavy atom. The minimum atomic E-state index is -3.79. The summed E-state index contributed by atoms with van der Waals surface area (Å²) < 4.78 is 24.2. The maximum absolute atomic E-state index is 12.1. The molecule has 1 aromatic heterocycles. The lowest BCUT2D eigenvalue weighted by Gasteiger charge is -2.22. The molecule has 7 nitrogen and oxygen atoms in total. The fourth-order valence-corrected chi connectivity index (χ4v) is 3.49. The summed E-state index contributed by atoms with van der Waals surface area (Å²) in [5.41, 5.74) is 0. The summed E-state index contributed by atoms with van der Waals surface area (Å²) in [7, 11) is -3.79. The summed E-state index contributed by atoms with van der Waals surface area (Å²) in [5, 5.41) is 7.10. The van der Waals surface area contributed by atoms with Crippen LogP contribution in [0.3, 0.4) is 0 Å². The largest absolute Gasteiger partial charge is 0.355 e. The van der Waals surface area contributed by atoms with E-state index in [0.29, 0.717) is 12.5 Å². The van der Waals surface area contributed by atoms with Crippen LogP contribution in [0.25, 0.3) is 0 Å². The number of aromatic nitrogens is 3. The van der Waals surface area contributed by atoms with E-state index in [9.17, 15) is 13.2 Å². The molecule has 8 heteroatoms. The molecule has 1 amide bonds. The molecule has 1 aliphatic carbocycles. The van der Waals surface area contributed by atoms with E-state index in [1.165, 1.54) is 26.2 Å². The molecule has 0 spiro atoms. The molecule has 112 valence electrons. The molecule has 0 saturated heterocycles. The van der Waals surface area contributed by atoms with Gasteiger partial charge in [0.1, 0.15) is 11.6 Å². The molecule has 20 heavy (non-hydrogen) atoms. The van der Waals surface area contributed by atoms with Gasteiger partial charge in [0.2, 0.25) is 20.9 Å². The normalized spacial score (nSPS) is 18.6. The number of carbonyl (C=O) groups excluding carboxylic acids is 1. The highest BCUT2D eigenvalue weighted by Gasteiger charge is 2.32. The van der Waals surface area contributed by atoms with Crippen LogP contribution < -0.4 is 5.32 Å². The predicted molar refractivity (Wildman–Crippen MR) is 72.6 cm³/mol. The van der Waals surface area contributed by atoms with Crippen LogP contribution in [0.4, 0.5) is 0 Å². The maximum Gasteiger partial charge on any atom is 0.243 e. The van der Waals surface area contributed by atoms with Crippen LogP contribution in [0.2, 0.25) is 0 Å². The number of hydrogen-bond acceptors (Lipinski definition) is 5. The van der Waals surface area contributed by atoms with Crippen molar-refractivity contribution in [3.63, 3.8) is 0 Å². The van der Waals surface area contributed by atoms with Gasteiger partial charge in [0, 0.05) is 6.54 Å². The van der Waals surface area contributed by atoms with Crippen LogP contribution in [0.5, 0.6) is 0 Å². The van der Waals surface area contributed by atoms with Crippen LogP contribution in [-0.2, 0) is 14.6 Å². The topological polar surface area (TPSA) is 105 Å². The quantitative estimate of drug-likeness (QED) is 0.831. The Morgan fingerprint density at radius 1 is 1.45 bits per heavy atom. The van der Waals surface area contributed by atoms with Crippen LogP contribution in [0, 0.1) is 5.92 Å². The molecule has 0 bridgehead atoms. The highest BCUT2D eigenvalue weighted by Crippen LogP contribution is 2.22. The third-order valence-electron chi connectivity index (χ3n) is 3.79. The molecule has 1 aliphatic rings. The molecule has 1 saturated carbocycles. The Labute approximate surface area is 118 Å². The summed E-state index contributed by atoms with van der Waals surface area (Å²) in [6, 6.07) is 0. The first-order chi connectivity index (χ1) is 9.51. The number of hydrogen-bond donors (Lipinski definition) is 2. The first-order valence-corrected chi connectivity index (χ1v) is 8.43. The zero-order chi connectivity index (χ0) is 14.6. The molecule has 1 fully saturated rings. The predicted octanol–water partition coefficient (Wildman–Crippen LogP) is 0.663. The van der Waals surface area contributed by atoms with Gasteiger partial charge in [-0.15, -0.1) is 0 Å². The molecule has 2 rings (SSSR count). The van der Waals surface area contributed by atoms with Crippen LogP contribution in [-0.4, -0.2) is 41.3 Å². The maximum atomic E-state index is 12.1. The average Bonchev–Trinajstić information content (AvgIpc) is 3.00. The van der Waals surface area contributed by atoms with Gasteiger partial charge in [-0.25, -0.2) is 13.4 Å². The molecule has 0 aromatic carbocycles. The second kappa shape index (κ2) is 6.34. The summed E-state index contributed by atoms with van der Waals surface area (Å²) in [6.45, 7) is 1.92. The number of amides is 1. The van der Waals surface area contributed by atoms with Gasteiger partial charge < -0.3 is 5.32 Å². The molecule has 1 atom stereocenters. The van der Waals surface area contributed by atoms with Gasteiger partial charge in [-0.2, -0.15) is 5.10 Å². The van der Waals surface area contributed by atoms with Gasteiger partial charge in [-0.1, -0.05) is 19.3 Å². The second-order valence-electron chi connectivity index (χ2n) is 5.23. The van der Waals surface area contributed by atoms with Crippen molar-refractivity contribution in [3.05, 3.63) is 6.33 Å². The van der Waals surface area contributed by atoms with Crippen molar-refractivity contribution in [2.45, 2.75) is 49.4 Å². The zero-order valence-corrected chi connectivity index (χ0v) is 12.3. The highest BCUT2D eigenvalue weighted by molar-refractivity contribution is 7.92. The van der Waals surface area contributed by atoms with Crippen molar-refractivity contribution >= 4 is 15.7 Å². The van der Waals surface area contributed by atoms with Gasteiger partial charge in [0.05, 0.1) is 0 Å². The van der Waals surface area contributed by atoms with Gasteiger partial charge in [0.15, 0.2) is 0 Å². The van der Waals surface area contributed by atoms with E-state index in [0.717, 1.165) is 19.2 Å². The first-order valence-electron chi connectivity index (χ1n) is 6.89. The van der Waals surface area contributed by atoms with Crippen LogP contribution in [0.1, 0.15) is 39.0 Å². The third kappa shape index (κ3) is 3.36. The standard InChI is InChI=1S/C12H20N4O3S/c1-9(20(18,19)12-14-8-15-16-12)11(17)13-7-10-5-3-2-4-6-10/h8-10H,2-7H2,1H3,(H,13,17)(H,14,15,16). The summed E-state index contributed by atoms with van der Waals surface area (Å²) in [4.78, 5) is 15.6. The summed E-state index contributed by atoms with van der Waals surface area (Å²) >= 11 is 0. The Morgan fingerprint density at radius 2 is 2.15 bits per heavy atom. The Hall–Kier alpha value is -1.44. The molecule has 1 heterocycles. The lowest BCUT2D eigenvalue weighted by atomic mass is 9.89. The number of nitrogens with zero attached hydrogens (tertiary/aromatic N) is 2. The van der Waals surface area contributed by atoms with E-state index >= 15 is 0 Å². The fraction of sp³-hybridized carbons (Fsp3) is 0.750. The number of nitrogens with one attached hydrogen (secondary N) is 2. The monoisotopic (exact) mass is 300 g/mol. The van der Waals surface area contributed by atoms with Gasteiger partial charge in [-0.3, -0.25) is 9.89 Å². The van der Waals surface area contributed by atoms with E-state index in [4.69, 9.17) is 0 Å². The van der Waals surface area contributed by atoms with Gasteiger partial charge in [-0.05, 0) is 25.7 Å². The molecular formula is C12H20N4O3S. The van der Waals surface area contributed by atoms with Crippen molar-refractivity contribution in [1.82, 2.24) is 20.5 Å². The molecule has 0 radical (unpaired) electrons. The van der Waals surface area contributed by atoms with Gasteiger partial charge in [0.25, 0.3) is 0 Å². The number of aromatic amines is 1. The van der Waals surface area contributed by atoms with Crippen molar-refractivity contribution in [2.75, 3.05) is 6.54 Å². The second-order valence-corrected chi connectivity index (χ2v) is 7.41. The lowest BCUT2D eigenvalue weighted by Crippen LogP contribution is -2.40. The zero-order valence-electron chi connectivity index (χ0n) is 11.5. The molecular weight excluding hydrogens is 280 g/mol. The highest BCUT2D eigenvalue weighted by atomic mass is 32.2. The van der Waals surface area contributed by atoms with Crippen LogP contribution >= 0.6 is 0 Å². The van der Waals surface area contributed by atoms with E-state index in [1.54, 1.807) is 0 Å². The molecule has 1 aromatic rings. The average molecular weight is 300 g/mol. The Balaban J connectivity index is 1.91. The van der Waals surface area contributed by atoms with E-state index in [-0.39, 0.29) is 5.16 Å². The third-order valence-corrected chi connectivity index (χ3v) is 5.67. The van der Waals surface area contributed by atoms with E-state index in [2.05, 4.69) is 20.5 Å². The molecule has 1 unspecified atom stereocenters. The minimum absolute atomic E-state index is 0.266. The van der Waals surface area contributed by atoms with Crippen molar-refractivity contribution in [3.8, 4) is 0 Å². The number of rotatable bonds is 5. The summed E-state index contributed by atoms with van der Waals surface area (Å²) in [6.07, 6.45) is 6.94. The van der Waals surface area contributed by atoms with Crippen LogP contribution in [0.15, 0.2) is 11.5 Å². The number of sulfone groups is 1. The Bertz CT molecular complexity index is 535. The first kappa shape index (κ1) is 15.0. The molecule has 2 N–H and O–H groups in total. The molecule has 0 aliphatic heterocycles. The minimum Gasteiger partial charge on any atom is -0.355 e.